The van der Waals surface area contributed by atoms with Crippen molar-refractivity contribution in [3.05, 3.63) is 40.8 Å². The van der Waals surface area contributed by atoms with Crippen molar-refractivity contribution in [3.8, 4) is 0 Å². The quantitative estimate of drug-likeness (QED) is 0.588. The predicted molar refractivity (Wildman–Crippen MR) is 116 cm³/mol. The van der Waals surface area contributed by atoms with E-state index in [1.165, 1.54) is 0 Å². The number of hydrogen-bond acceptors (Lipinski definition) is 6. The molecule has 0 radical (unpaired) electrons. The monoisotopic (exact) mass is 448 g/mol. The number of carbonyl (C=O) groups is 1. The predicted octanol–water partition coefficient (Wildman–Crippen LogP) is 3.35. The van der Waals surface area contributed by atoms with Gasteiger partial charge in [0.15, 0.2) is 23.3 Å². The van der Waals surface area contributed by atoms with Gasteiger partial charge in [-0.1, -0.05) is 13.8 Å². The Labute approximate surface area is 184 Å². The summed E-state index contributed by atoms with van der Waals surface area (Å²) >= 11 is 0. The molecule has 10 heteroatoms. The lowest BCUT2D eigenvalue weighted by atomic mass is 9.86. The number of nitrogens with one attached hydrogen (secondary N) is 3. The highest BCUT2D eigenvalue weighted by Crippen LogP contribution is 2.35. The second-order valence-corrected chi connectivity index (χ2v) is 8.88. The number of amides is 1. The molecular weight excluding hydrogens is 421 g/mol. The van der Waals surface area contributed by atoms with Crippen molar-refractivity contribution in [2.75, 3.05) is 22.6 Å². The zero-order valence-corrected chi connectivity index (χ0v) is 18.5. The highest BCUT2D eigenvalue weighted by Gasteiger charge is 2.36. The third-order valence-corrected chi connectivity index (χ3v) is 6.08. The average molecular weight is 448 g/mol. The van der Waals surface area contributed by atoms with Gasteiger partial charge in [-0.2, -0.15) is 4.98 Å². The van der Waals surface area contributed by atoms with E-state index < -0.39 is 17.5 Å². The van der Waals surface area contributed by atoms with Gasteiger partial charge in [0.25, 0.3) is 0 Å². The molecule has 2 heterocycles. The second-order valence-electron chi connectivity index (χ2n) is 8.88. The molecule has 0 saturated heterocycles. The van der Waals surface area contributed by atoms with E-state index in [2.05, 4.69) is 25.9 Å². The van der Waals surface area contributed by atoms with E-state index in [1.807, 2.05) is 32.7 Å². The van der Waals surface area contributed by atoms with Crippen molar-refractivity contribution >= 4 is 23.4 Å². The van der Waals surface area contributed by atoms with Crippen LogP contribution in [0.15, 0.2) is 12.1 Å². The minimum Gasteiger partial charge on any atom is -0.351 e. The maximum absolute atomic E-state index is 13.3. The summed E-state index contributed by atoms with van der Waals surface area (Å²) in [5, 5.41) is 9.48. The van der Waals surface area contributed by atoms with Gasteiger partial charge >= 0.3 is 0 Å². The summed E-state index contributed by atoms with van der Waals surface area (Å²) in [4.78, 5) is 23.5. The van der Waals surface area contributed by atoms with Gasteiger partial charge < -0.3 is 20.9 Å². The Bertz CT molecular complexity index is 1020. The van der Waals surface area contributed by atoms with Crippen LogP contribution in [0.25, 0.3) is 0 Å². The second kappa shape index (κ2) is 8.57. The van der Waals surface area contributed by atoms with E-state index in [0.29, 0.717) is 28.7 Å². The van der Waals surface area contributed by atoms with Crippen LogP contribution >= 0.6 is 0 Å². The van der Waals surface area contributed by atoms with Crippen LogP contribution in [0, 0.1) is 30.3 Å². The lowest BCUT2D eigenvalue weighted by molar-refractivity contribution is -0.118. The molecule has 1 saturated carbocycles. The van der Waals surface area contributed by atoms with Gasteiger partial charge in [-0.15, -0.1) is 0 Å². The normalized spacial score (nSPS) is 22.4. The van der Waals surface area contributed by atoms with Gasteiger partial charge in [0.1, 0.15) is 11.7 Å². The Morgan fingerprint density at radius 1 is 1.16 bits per heavy atom. The number of nitrogens with zero attached hydrogens (tertiary/aromatic N) is 3. The fourth-order valence-corrected chi connectivity index (χ4v) is 4.34. The van der Waals surface area contributed by atoms with Crippen molar-refractivity contribution < 1.29 is 18.0 Å². The molecule has 4 rings (SSSR count). The zero-order valence-electron chi connectivity index (χ0n) is 18.5. The summed E-state index contributed by atoms with van der Waals surface area (Å²) in [7, 11) is 1.86. The van der Waals surface area contributed by atoms with Crippen molar-refractivity contribution in [1.29, 1.82) is 0 Å². The van der Waals surface area contributed by atoms with Crippen LogP contribution < -0.4 is 20.9 Å². The summed E-state index contributed by atoms with van der Waals surface area (Å²) in [5.41, 5.74) is 1.68. The number of fused-ring (bicyclic) bond motifs is 1. The number of rotatable bonds is 6. The highest BCUT2D eigenvalue weighted by atomic mass is 19.2. The number of anilines is 3. The van der Waals surface area contributed by atoms with E-state index >= 15 is 0 Å². The third-order valence-electron chi connectivity index (χ3n) is 6.08. The topological polar surface area (TPSA) is 82.2 Å². The van der Waals surface area contributed by atoms with Crippen LogP contribution in [0.4, 0.5) is 30.6 Å². The Hall–Kier alpha value is -2.88. The molecule has 1 aromatic carbocycles. The smallest absolute Gasteiger partial charge is 0.247 e. The summed E-state index contributed by atoms with van der Waals surface area (Å²) in [6.45, 7) is 6.08. The van der Waals surface area contributed by atoms with Crippen LogP contribution in [0.5, 0.6) is 0 Å². The van der Waals surface area contributed by atoms with Gasteiger partial charge in [0, 0.05) is 25.7 Å². The number of aryl methyl sites for hydroxylation is 1. The number of halogens is 3. The molecule has 2 aliphatic rings. The summed E-state index contributed by atoms with van der Waals surface area (Å²) in [6, 6.07) is 2.01. The van der Waals surface area contributed by atoms with E-state index in [4.69, 9.17) is 0 Å². The number of hydrogen-bond donors (Lipinski definition) is 3. The van der Waals surface area contributed by atoms with Crippen molar-refractivity contribution in [2.24, 2.45) is 5.92 Å². The summed E-state index contributed by atoms with van der Waals surface area (Å²) in [5.74, 6) is -2.57. The highest BCUT2D eigenvalue weighted by molar-refractivity contribution is 6.03. The zero-order chi connectivity index (χ0) is 23.2. The maximum atomic E-state index is 13.3. The van der Waals surface area contributed by atoms with Gasteiger partial charge in [-0.3, -0.25) is 4.79 Å². The number of aromatic nitrogens is 2. The van der Waals surface area contributed by atoms with E-state index in [-0.39, 0.29) is 36.5 Å². The molecule has 3 N–H and O–H groups in total. The molecule has 0 unspecified atom stereocenters. The fourth-order valence-electron chi connectivity index (χ4n) is 4.34. The van der Waals surface area contributed by atoms with Crippen molar-refractivity contribution in [3.63, 3.8) is 0 Å². The van der Waals surface area contributed by atoms with Gasteiger partial charge in [-0.05, 0) is 43.4 Å². The largest absolute Gasteiger partial charge is 0.351 e. The van der Waals surface area contributed by atoms with E-state index in [0.717, 1.165) is 25.0 Å². The molecule has 1 aliphatic carbocycles. The minimum absolute atomic E-state index is 0.0590. The van der Waals surface area contributed by atoms with E-state index in [1.54, 1.807) is 0 Å². The first kappa shape index (κ1) is 22.3. The molecule has 2 aromatic rings. The SMILES string of the molecule is Cc1nc(N[C@H]2C[C@@H](NCc3cc(F)c(F)c(F)c3)C2)nc2c1NC(=O)[C@H](C(C)C)N2C. The van der Waals surface area contributed by atoms with Crippen molar-refractivity contribution in [2.45, 2.75) is 58.3 Å². The van der Waals surface area contributed by atoms with Crippen LogP contribution in [0.2, 0.25) is 0 Å². The number of likely N-dealkylation sites (N-methyl/N-ethyl adjacent to an activating group) is 1. The lowest BCUT2D eigenvalue weighted by Gasteiger charge is -2.38. The third kappa shape index (κ3) is 4.23. The standard InChI is InChI=1S/C22H27F3N6O/c1-10(2)19-21(32)29-18-11(3)27-22(30-20(18)31(19)4)28-14-7-13(8-14)26-9-12-5-15(23)17(25)16(24)6-12/h5-6,10,13-14,19,26H,7-9H2,1-4H3,(H,29,32)(H,27,28,30)/t13-,14+,19-/m0/s1. The van der Waals surface area contributed by atoms with Gasteiger partial charge in [0.05, 0.1) is 5.69 Å². The van der Waals surface area contributed by atoms with Crippen LogP contribution in [-0.2, 0) is 11.3 Å². The first-order valence-corrected chi connectivity index (χ1v) is 10.7. The molecular formula is C22H27F3N6O. The first-order chi connectivity index (χ1) is 15.1. The minimum atomic E-state index is -1.45. The summed E-state index contributed by atoms with van der Waals surface area (Å²) < 4.78 is 39.8. The molecule has 1 aromatic heterocycles. The summed E-state index contributed by atoms with van der Waals surface area (Å²) in [6.07, 6.45) is 1.57. The number of carbonyl (C=O) groups excluding carboxylic acids is 1. The molecule has 1 atom stereocenters. The Morgan fingerprint density at radius 3 is 2.44 bits per heavy atom. The Kier molecular flexibility index (Phi) is 5.98. The Morgan fingerprint density at radius 2 is 1.81 bits per heavy atom. The molecule has 1 amide bonds. The molecule has 1 fully saturated rings. The first-order valence-electron chi connectivity index (χ1n) is 10.7. The average Bonchev–Trinajstić information content (AvgIpc) is 2.68. The fraction of sp³-hybridized carbons (Fsp3) is 0.500. The number of benzene rings is 1. The molecule has 1 aliphatic heterocycles. The van der Waals surface area contributed by atoms with Gasteiger partial charge in [0.2, 0.25) is 11.9 Å². The lowest BCUT2D eigenvalue weighted by Crippen LogP contribution is -2.50. The molecule has 0 spiro atoms. The molecule has 172 valence electrons. The maximum Gasteiger partial charge on any atom is 0.247 e. The van der Waals surface area contributed by atoms with Gasteiger partial charge in [-0.25, -0.2) is 18.2 Å². The molecule has 0 bridgehead atoms. The Balaban J connectivity index is 1.36. The molecule has 32 heavy (non-hydrogen) atoms. The van der Waals surface area contributed by atoms with Crippen molar-refractivity contribution in [1.82, 2.24) is 15.3 Å². The van der Waals surface area contributed by atoms with Crippen LogP contribution in [-0.4, -0.2) is 41.0 Å². The van der Waals surface area contributed by atoms with E-state index in [9.17, 15) is 18.0 Å². The van der Waals surface area contributed by atoms with Crippen LogP contribution in [0.1, 0.15) is 37.9 Å². The van der Waals surface area contributed by atoms with Crippen LogP contribution in [0.3, 0.4) is 0 Å². The molecule has 7 nitrogen and oxygen atoms in total.